The van der Waals surface area contributed by atoms with Crippen LogP contribution in [0.2, 0.25) is 0 Å². The van der Waals surface area contributed by atoms with Crippen molar-refractivity contribution in [2.75, 3.05) is 11.9 Å². The quantitative estimate of drug-likeness (QED) is 0.683. The van der Waals surface area contributed by atoms with Crippen molar-refractivity contribution < 1.29 is 14.3 Å². The third-order valence-electron chi connectivity index (χ3n) is 3.60. The Kier molecular flexibility index (Phi) is 5.14. The molecule has 1 aliphatic rings. The molecule has 0 heterocycles. The summed E-state index contributed by atoms with van der Waals surface area (Å²) in [6.07, 6.45) is 6.46. The van der Waals surface area contributed by atoms with Crippen LogP contribution >= 0.6 is 0 Å². The number of rotatable bonds is 4. The van der Waals surface area contributed by atoms with E-state index in [1.807, 2.05) is 38.1 Å². The fraction of sp³-hybridized carbons (Fsp3) is 0.412. The minimum atomic E-state index is -0.304. The van der Waals surface area contributed by atoms with Gasteiger partial charge in [0.2, 0.25) is 0 Å². The van der Waals surface area contributed by atoms with Crippen LogP contribution in [0.4, 0.5) is 5.69 Å². The van der Waals surface area contributed by atoms with Crippen LogP contribution in [0, 0.1) is 19.8 Å². The number of allylic oxidation sites excluding steroid dienone is 2. The molecule has 1 aromatic rings. The lowest BCUT2D eigenvalue weighted by molar-refractivity contribution is -0.151. The van der Waals surface area contributed by atoms with Crippen LogP contribution in [0.15, 0.2) is 30.4 Å². The van der Waals surface area contributed by atoms with Crippen LogP contribution in [0.5, 0.6) is 0 Å². The van der Waals surface area contributed by atoms with E-state index < -0.39 is 0 Å². The maximum absolute atomic E-state index is 11.8. The minimum absolute atomic E-state index is 0.107. The summed E-state index contributed by atoms with van der Waals surface area (Å²) in [4.78, 5) is 23.7. The third-order valence-corrected chi connectivity index (χ3v) is 3.60. The highest BCUT2D eigenvalue weighted by Crippen LogP contribution is 2.19. The molecule has 2 rings (SSSR count). The predicted octanol–water partition coefficient (Wildman–Crippen LogP) is 3.14. The summed E-state index contributed by atoms with van der Waals surface area (Å²) in [5.74, 6) is -0.694. The average molecular weight is 287 g/mol. The molecule has 1 aliphatic carbocycles. The number of anilines is 1. The first-order valence-corrected chi connectivity index (χ1v) is 7.25. The molecule has 0 unspecified atom stereocenters. The Balaban J connectivity index is 1.81. The first kappa shape index (κ1) is 15.3. The van der Waals surface area contributed by atoms with Crippen molar-refractivity contribution >= 4 is 17.6 Å². The summed E-state index contributed by atoms with van der Waals surface area (Å²) < 4.78 is 5.09. The maximum Gasteiger partial charge on any atom is 0.309 e. The lowest BCUT2D eigenvalue weighted by atomic mass is 9.95. The number of benzene rings is 1. The molecule has 4 nitrogen and oxygen atoms in total. The summed E-state index contributed by atoms with van der Waals surface area (Å²) in [5.41, 5.74) is 2.89. The second-order valence-electron chi connectivity index (χ2n) is 5.46. The zero-order valence-corrected chi connectivity index (χ0v) is 12.5. The zero-order chi connectivity index (χ0) is 15.2. The van der Waals surface area contributed by atoms with Crippen molar-refractivity contribution in [3.05, 3.63) is 41.5 Å². The Morgan fingerprint density at radius 3 is 2.76 bits per heavy atom. The lowest BCUT2D eigenvalue weighted by Gasteiger charge is -2.16. The Bertz CT molecular complexity index is 563. The van der Waals surface area contributed by atoms with Crippen LogP contribution in [0.25, 0.3) is 0 Å². The number of hydrogen-bond acceptors (Lipinski definition) is 3. The molecule has 1 N–H and O–H groups in total. The SMILES string of the molecule is Cc1ccc(NC(=O)COC(=O)[C@@H]2CC=CCC2)c(C)c1. The molecule has 21 heavy (non-hydrogen) atoms. The monoisotopic (exact) mass is 287 g/mol. The number of carbonyl (C=O) groups is 2. The van der Waals surface area contributed by atoms with Gasteiger partial charge in [-0.1, -0.05) is 29.8 Å². The number of esters is 1. The highest BCUT2D eigenvalue weighted by atomic mass is 16.5. The standard InChI is InChI=1S/C17H21NO3/c1-12-8-9-15(13(2)10-12)18-16(19)11-21-17(20)14-6-4-3-5-7-14/h3-4,8-10,14H,5-7,11H2,1-2H3,(H,18,19)/t14-/m1/s1. The van der Waals surface area contributed by atoms with E-state index in [9.17, 15) is 9.59 Å². The van der Waals surface area contributed by atoms with Crippen LogP contribution in [-0.4, -0.2) is 18.5 Å². The van der Waals surface area contributed by atoms with Gasteiger partial charge in [0, 0.05) is 5.69 Å². The van der Waals surface area contributed by atoms with Crippen molar-refractivity contribution in [1.82, 2.24) is 0 Å². The van der Waals surface area contributed by atoms with E-state index in [4.69, 9.17) is 4.74 Å². The molecular formula is C17H21NO3. The van der Waals surface area contributed by atoms with Gasteiger partial charge in [-0.2, -0.15) is 0 Å². The molecule has 0 saturated carbocycles. The normalized spacial score (nSPS) is 17.3. The van der Waals surface area contributed by atoms with Gasteiger partial charge in [-0.15, -0.1) is 0 Å². The second kappa shape index (κ2) is 7.07. The summed E-state index contributed by atoms with van der Waals surface area (Å²) in [6, 6.07) is 5.79. The van der Waals surface area contributed by atoms with Gasteiger partial charge in [0.1, 0.15) is 0 Å². The molecule has 1 atom stereocenters. The fourth-order valence-corrected chi connectivity index (χ4v) is 2.40. The Hall–Kier alpha value is -2.10. The van der Waals surface area contributed by atoms with Crippen molar-refractivity contribution in [2.24, 2.45) is 5.92 Å². The number of amides is 1. The summed E-state index contributed by atoms with van der Waals surface area (Å²) in [7, 11) is 0. The van der Waals surface area contributed by atoms with E-state index >= 15 is 0 Å². The van der Waals surface area contributed by atoms with E-state index in [1.54, 1.807) is 0 Å². The highest BCUT2D eigenvalue weighted by Gasteiger charge is 2.21. The van der Waals surface area contributed by atoms with Crippen LogP contribution in [0.3, 0.4) is 0 Å². The zero-order valence-electron chi connectivity index (χ0n) is 12.5. The number of hydrogen-bond donors (Lipinski definition) is 1. The fourth-order valence-electron chi connectivity index (χ4n) is 2.40. The van der Waals surface area contributed by atoms with E-state index in [-0.39, 0.29) is 24.4 Å². The molecule has 0 spiro atoms. The molecule has 0 bridgehead atoms. The smallest absolute Gasteiger partial charge is 0.309 e. The summed E-state index contributed by atoms with van der Waals surface area (Å²) >= 11 is 0. The molecule has 1 amide bonds. The van der Waals surface area contributed by atoms with Crippen LogP contribution in [0.1, 0.15) is 30.4 Å². The summed E-state index contributed by atoms with van der Waals surface area (Å²) in [6.45, 7) is 3.70. The van der Waals surface area contributed by atoms with Gasteiger partial charge >= 0.3 is 5.97 Å². The molecule has 112 valence electrons. The van der Waals surface area contributed by atoms with Crippen LogP contribution in [-0.2, 0) is 14.3 Å². The van der Waals surface area contributed by atoms with Crippen molar-refractivity contribution in [1.29, 1.82) is 0 Å². The highest BCUT2D eigenvalue weighted by molar-refractivity contribution is 5.93. The van der Waals surface area contributed by atoms with E-state index in [0.717, 1.165) is 29.7 Å². The number of carbonyl (C=O) groups excluding carboxylic acids is 2. The minimum Gasteiger partial charge on any atom is -0.455 e. The van der Waals surface area contributed by atoms with Gasteiger partial charge in [-0.05, 0) is 44.7 Å². The number of aryl methyl sites for hydroxylation is 2. The molecule has 4 heteroatoms. The molecule has 1 aromatic carbocycles. The van der Waals surface area contributed by atoms with Gasteiger partial charge in [-0.25, -0.2) is 0 Å². The number of ether oxygens (including phenoxy) is 1. The Labute approximate surface area is 125 Å². The lowest BCUT2D eigenvalue weighted by Crippen LogP contribution is -2.25. The van der Waals surface area contributed by atoms with E-state index in [0.29, 0.717) is 6.42 Å². The molecule has 0 fully saturated rings. The van der Waals surface area contributed by atoms with Gasteiger partial charge < -0.3 is 10.1 Å². The largest absolute Gasteiger partial charge is 0.455 e. The maximum atomic E-state index is 11.8. The average Bonchev–Trinajstić information content (AvgIpc) is 2.48. The second-order valence-corrected chi connectivity index (χ2v) is 5.46. The van der Waals surface area contributed by atoms with Gasteiger partial charge in [-0.3, -0.25) is 9.59 Å². The summed E-state index contributed by atoms with van der Waals surface area (Å²) in [5, 5.41) is 2.77. The molecule has 0 radical (unpaired) electrons. The predicted molar refractivity (Wildman–Crippen MR) is 82.0 cm³/mol. The topological polar surface area (TPSA) is 55.4 Å². The van der Waals surface area contributed by atoms with E-state index in [2.05, 4.69) is 11.4 Å². The van der Waals surface area contributed by atoms with Crippen molar-refractivity contribution in [3.8, 4) is 0 Å². The molecular weight excluding hydrogens is 266 g/mol. The van der Waals surface area contributed by atoms with Gasteiger partial charge in [0.05, 0.1) is 5.92 Å². The Morgan fingerprint density at radius 1 is 1.29 bits per heavy atom. The Morgan fingerprint density at radius 2 is 2.10 bits per heavy atom. The van der Waals surface area contributed by atoms with E-state index in [1.165, 1.54) is 0 Å². The number of nitrogens with one attached hydrogen (secondary N) is 1. The van der Waals surface area contributed by atoms with Crippen LogP contribution < -0.4 is 5.32 Å². The third kappa shape index (κ3) is 4.45. The van der Waals surface area contributed by atoms with Crippen molar-refractivity contribution in [3.63, 3.8) is 0 Å². The molecule has 0 saturated heterocycles. The van der Waals surface area contributed by atoms with Crippen molar-refractivity contribution in [2.45, 2.75) is 33.1 Å². The first-order valence-electron chi connectivity index (χ1n) is 7.25. The molecule has 0 aromatic heterocycles. The van der Waals surface area contributed by atoms with Gasteiger partial charge in [0.15, 0.2) is 6.61 Å². The molecule has 0 aliphatic heterocycles. The first-order chi connectivity index (χ1) is 10.1. The van der Waals surface area contributed by atoms with Gasteiger partial charge in [0.25, 0.3) is 5.91 Å².